The lowest BCUT2D eigenvalue weighted by molar-refractivity contribution is 0.0968. The molecule has 3 rings (SSSR count). The summed E-state index contributed by atoms with van der Waals surface area (Å²) >= 11 is 0. The van der Waals surface area contributed by atoms with Gasteiger partial charge < -0.3 is 9.52 Å². The molecule has 126 valence electrons. The third-order valence-corrected chi connectivity index (χ3v) is 4.75. The van der Waals surface area contributed by atoms with Crippen molar-refractivity contribution in [1.82, 2.24) is 0 Å². The van der Waals surface area contributed by atoms with Crippen molar-refractivity contribution in [2.24, 2.45) is 0 Å². The van der Waals surface area contributed by atoms with Crippen LogP contribution in [-0.4, -0.2) is 10.9 Å². The molecule has 0 aliphatic heterocycles. The minimum atomic E-state index is -0.532. The Kier molecular flexibility index (Phi) is 4.84. The van der Waals surface area contributed by atoms with Gasteiger partial charge in [0.05, 0.1) is 11.1 Å². The molecule has 0 saturated carbocycles. The molecule has 0 radical (unpaired) electrons. The second-order valence-corrected chi connectivity index (χ2v) is 6.31. The number of fused-ring (bicyclic) bond motifs is 1. The maximum Gasteiger partial charge on any atom is 0.343 e. The minimum Gasteiger partial charge on any atom is -0.506 e. The first-order valence-electron chi connectivity index (χ1n) is 8.60. The van der Waals surface area contributed by atoms with Crippen LogP contribution in [0.4, 0.5) is 0 Å². The van der Waals surface area contributed by atoms with Gasteiger partial charge in [0.2, 0.25) is 0 Å². The normalized spacial score (nSPS) is 16.1. The SMILES string of the molecule is CCC(c1ccccc1)c1c(O)c2c(oc1=O)CCCCCC2=O. The zero-order valence-electron chi connectivity index (χ0n) is 13.9. The quantitative estimate of drug-likeness (QED) is 0.918. The molecule has 2 aromatic rings. The van der Waals surface area contributed by atoms with E-state index in [1.807, 2.05) is 37.3 Å². The van der Waals surface area contributed by atoms with E-state index in [1.54, 1.807) is 0 Å². The van der Waals surface area contributed by atoms with Crippen molar-refractivity contribution >= 4 is 5.78 Å². The Morgan fingerprint density at radius 1 is 1.08 bits per heavy atom. The van der Waals surface area contributed by atoms with Gasteiger partial charge >= 0.3 is 5.63 Å². The first kappa shape index (κ1) is 16.5. The van der Waals surface area contributed by atoms with Gasteiger partial charge in [-0.15, -0.1) is 0 Å². The Hall–Kier alpha value is -2.36. The third-order valence-electron chi connectivity index (χ3n) is 4.75. The Balaban J connectivity index is 2.18. The lowest BCUT2D eigenvalue weighted by atomic mass is 9.86. The van der Waals surface area contributed by atoms with E-state index in [0.29, 0.717) is 25.0 Å². The number of carbonyl (C=O) groups excluding carboxylic acids is 1. The summed E-state index contributed by atoms with van der Waals surface area (Å²) in [6.45, 7) is 1.95. The number of benzene rings is 1. The summed E-state index contributed by atoms with van der Waals surface area (Å²) in [4.78, 5) is 25.0. The van der Waals surface area contributed by atoms with E-state index in [9.17, 15) is 14.7 Å². The molecule has 1 aromatic heterocycles. The van der Waals surface area contributed by atoms with Crippen molar-refractivity contribution in [3.05, 3.63) is 63.2 Å². The second-order valence-electron chi connectivity index (χ2n) is 6.31. The average molecular weight is 326 g/mol. The summed E-state index contributed by atoms with van der Waals surface area (Å²) in [7, 11) is 0. The molecule has 0 bridgehead atoms. The summed E-state index contributed by atoms with van der Waals surface area (Å²) in [6.07, 6.45) is 4.14. The predicted molar refractivity (Wildman–Crippen MR) is 91.7 cm³/mol. The van der Waals surface area contributed by atoms with Crippen molar-refractivity contribution in [1.29, 1.82) is 0 Å². The maximum absolute atomic E-state index is 12.6. The van der Waals surface area contributed by atoms with Gasteiger partial charge in [-0.25, -0.2) is 4.79 Å². The standard InChI is InChI=1S/C20H22O4/c1-2-14(13-9-5-3-6-10-13)17-19(22)18-15(21)11-7-4-8-12-16(18)24-20(17)23/h3,5-6,9-10,14,22H,2,4,7-8,11-12H2,1H3. The van der Waals surface area contributed by atoms with Crippen molar-refractivity contribution in [3.8, 4) is 5.75 Å². The highest BCUT2D eigenvalue weighted by molar-refractivity contribution is 5.99. The number of aryl methyl sites for hydroxylation is 1. The van der Waals surface area contributed by atoms with E-state index in [2.05, 4.69) is 0 Å². The van der Waals surface area contributed by atoms with Crippen molar-refractivity contribution in [2.75, 3.05) is 0 Å². The van der Waals surface area contributed by atoms with E-state index in [-0.39, 0.29) is 28.6 Å². The first-order valence-corrected chi connectivity index (χ1v) is 8.60. The number of rotatable bonds is 3. The van der Waals surface area contributed by atoms with Crippen LogP contribution in [0, 0.1) is 0 Å². The first-order chi connectivity index (χ1) is 11.6. The van der Waals surface area contributed by atoms with Crippen LogP contribution >= 0.6 is 0 Å². The van der Waals surface area contributed by atoms with Crippen molar-refractivity contribution in [2.45, 2.75) is 51.4 Å². The summed E-state index contributed by atoms with van der Waals surface area (Å²) in [6, 6.07) is 9.55. The summed E-state index contributed by atoms with van der Waals surface area (Å²) in [5.74, 6) is -0.251. The third kappa shape index (κ3) is 3.01. The smallest absolute Gasteiger partial charge is 0.343 e. The highest BCUT2D eigenvalue weighted by Crippen LogP contribution is 2.36. The molecule has 1 heterocycles. The summed E-state index contributed by atoms with van der Waals surface area (Å²) in [5.41, 5.74) is 0.825. The minimum absolute atomic E-state index is 0.130. The van der Waals surface area contributed by atoms with Gasteiger partial charge in [0.15, 0.2) is 5.78 Å². The zero-order valence-corrected chi connectivity index (χ0v) is 13.9. The largest absolute Gasteiger partial charge is 0.506 e. The fraction of sp³-hybridized carbons (Fsp3) is 0.400. The fourth-order valence-electron chi connectivity index (χ4n) is 3.52. The van der Waals surface area contributed by atoms with Crippen LogP contribution in [0.5, 0.6) is 5.75 Å². The maximum atomic E-state index is 12.6. The van der Waals surface area contributed by atoms with Gasteiger partial charge in [-0.05, 0) is 24.8 Å². The molecule has 0 saturated heterocycles. The number of hydrogen-bond acceptors (Lipinski definition) is 4. The molecule has 0 fully saturated rings. The molecule has 1 N–H and O–H groups in total. The number of aromatic hydroxyl groups is 1. The average Bonchev–Trinajstić information content (AvgIpc) is 2.57. The molecule has 1 atom stereocenters. The van der Waals surface area contributed by atoms with Gasteiger partial charge in [0.25, 0.3) is 0 Å². The monoisotopic (exact) mass is 326 g/mol. The van der Waals surface area contributed by atoms with Gasteiger partial charge in [-0.2, -0.15) is 0 Å². The summed E-state index contributed by atoms with van der Waals surface area (Å²) in [5, 5.41) is 10.8. The van der Waals surface area contributed by atoms with Gasteiger partial charge in [-0.1, -0.05) is 43.7 Å². The van der Waals surface area contributed by atoms with Crippen LogP contribution in [0.15, 0.2) is 39.5 Å². The van der Waals surface area contributed by atoms with Gasteiger partial charge in [-0.3, -0.25) is 4.79 Å². The van der Waals surface area contributed by atoms with E-state index in [0.717, 1.165) is 24.8 Å². The van der Waals surface area contributed by atoms with E-state index in [4.69, 9.17) is 4.42 Å². The molecule has 4 nitrogen and oxygen atoms in total. The highest BCUT2D eigenvalue weighted by atomic mass is 16.4. The van der Waals surface area contributed by atoms with Crippen LogP contribution in [0.2, 0.25) is 0 Å². The molecule has 0 spiro atoms. The molecule has 0 amide bonds. The van der Waals surface area contributed by atoms with Crippen LogP contribution in [-0.2, 0) is 6.42 Å². The zero-order chi connectivity index (χ0) is 17.1. The van der Waals surface area contributed by atoms with Crippen LogP contribution < -0.4 is 5.63 Å². The fourth-order valence-corrected chi connectivity index (χ4v) is 3.52. The molecule has 1 aliphatic rings. The predicted octanol–water partition coefficient (Wildman–Crippen LogP) is 4.19. The van der Waals surface area contributed by atoms with E-state index in [1.165, 1.54) is 0 Å². The number of Topliss-reactive ketones (excluding diaryl/α,β-unsaturated/α-hetero) is 1. The number of carbonyl (C=O) groups is 1. The van der Waals surface area contributed by atoms with Crippen LogP contribution in [0.1, 0.15) is 72.2 Å². The van der Waals surface area contributed by atoms with Gasteiger partial charge in [0.1, 0.15) is 11.5 Å². The lowest BCUT2D eigenvalue weighted by Gasteiger charge is -2.19. The lowest BCUT2D eigenvalue weighted by Crippen LogP contribution is -2.19. The molecule has 1 aromatic carbocycles. The number of ketones is 1. The summed E-state index contributed by atoms with van der Waals surface area (Å²) < 4.78 is 5.49. The molecule has 1 aliphatic carbocycles. The Bertz CT molecular complexity index is 789. The molecule has 24 heavy (non-hydrogen) atoms. The topological polar surface area (TPSA) is 67.5 Å². The molecular formula is C20H22O4. The van der Waals surface area contributed by atoms with Crippen molar-refractivity contribution < 1.29 is 14.3 Å². The van der Waals surface area contributed by atoms with E-state index >= 15 is 0 Å². The Morgan fingerprint density at radius 2 is 1.79 bits per heavy atom. The van der Waals surface area contributed by atoms with Crippen molar-refractivity contribution in [3.63, 3.8) is 0 Å². The highest BCUT2D eigenvalue weighted by Gasteiger charge is 2.29. The van der Waals surface area contributed by atoms with Crippen LogP contribution in [0.25, 0.3) is 0 Å². The Morgan fingerprint density at radius 3 is 2.50 bits per heavy atom. The molecular weight excluding hydrogens is 304 g/mol. The molecule has 4 heteroatoms. The second kappa shape index (κ2) is 7.04. The molecule has 1 unspecified atom stereocenters. The van der Waals surface area contributed by atoms with E-state index < -0.39 is 5.63 Å². The van der Waals surface area contributed by atoms with Gasteiger partial charge in [0, 0.05) is 18.8 Å². The Labute approximate surface area is 141 Å². The van der Waals surface area contributed by atoms with Crippen LogP contribution in [0.3, 0.4) is 0 Å². The number of hydrogen-bond donors (Lipinski definition) is 1.